The van der Waals surface area contributed by atoms with Gasteiger partial charge in [0.2, 0.25) is 6.41 Å². The Kier molecular flexibility index (Phi) is 6.54. The minimum Gasteiger partial charge on any atom is -0.490 e. The van der Waals surface area contributed by atoms with E-state index in [4.69, 9.17) is 14.2 Å². The quantitative estimate of drug-likeness (QED) is 0.522. The molecule has 0 aliphatic carbocycles. The molecule has 29 heavy (non-hydrogen) atoms. The SMILES string of the molecule is CCOc1ccc(-c2ccc3c(c2)C=C(C(=O)OC)CCN3C=O)cc1OCC. The molecule has 2 aromatic rings. The van der Waals surface area contributed by atoms with Crippen molar-refractivity contribution in [2.75, 3.05) is 31.8 Å². The summed E-state index contributed by atoms with van der Waals surface area (Å²) in [4.78, 5) is 25.2. The highest BCUT2D eigenvalue weighted by atomic mass is 16.5. The molecule has 0 saturated carbocycles. The summed E-state index contributed by atoms with van der Waals surface area (Å²) in [7, 11) is 1.36. The number of ether oxygens (including phenoxy) is 3. The van der Waals surface area contributed by atoms with Crippen molar-refractivity contribution in [2.24, 2.45) is 0 Å². The van der Waals surface area contributed by atoms with Gasteiger partial charge in [-0.05, 0) is 67.3 Å². The first-order valence-corrected chi connectivity index (χ1v) is 9.66. The Morgan fingerprint density at radius 1 is 1.03 bits per heavy atom. The molecule has 1 heterocycles. The van der Waals surface area contributed by atoms with Gasteiger partial charge in [-0.3, -0.25) is 4.79 Å². The summed E-state index contributed by atoms with van der Waals surface area (Å²) in [5.41, 5.74) is 3.99. The van der Waals surface area contributed by atoms with E-state index in [0.29, 0.717) is 43.3 Å². The maximum atomic E-state index is 12.1. The van der Waals surface area contributed by atoms with Crippen LogP contribution in [-0.4, -0.2) is 39.2 Å². The molecule has 0 unspecified atom stereocenters. The topological polar surface area (TPSA) is 65.1 Å². The first-order valence-electron chi connectivity index (χ1n) is 9.66. The predicted octanol–water partition coefficient (Wildman–Crippen LogP) is 4.07. The molecule has 1 aliphatic heterocycles. The second-order valence-electron chi connectivity index (χ2n) is 6.51. The molecule has 0 spiro atoms. The largest absolute Gasteiger partial charge is 0.490 e. The minimum absolute atomic E-state index is 0.381. The second-order valence-corrected chi connectivity index (χ2v) is 6.51. The van der Waals surface area contributed by atoms with Crippen LogP contribution in [-0.2, 0) is 14.3 Å². The fourth-order valence-electron chi connectivity index (χ4n) is 3.36. The molecular formula is C23H25NO5. The number of carbonyl (C=O) groups is 2. The van der Waals surface area contributed by atoms with Gasteiger partial charge >= 0.3 is 5.97 Å². The fourth-order valence-corrected chi connectivity index (χ4v) is 3.36. The van der Waals surface area contributed by atoms with Gasteiger partial charge < -0.3 is 19.1 Å². The van der Waals surface area contributed by atoms with Crippen molar-refractivity contribution >= 4 is 24.1 Å². The fraction of sp³-hybridized carbons (Fsp3) is 0.304. The van der Waals surface area contributed by atoms with Crippen LogP contribution in [0.2, 0.25) is 0 Å². The molecule has 0 aromatic heterocycles. The van der Waals surface area contributed by atoms with Crippen molar-refractivity contribution in [3.8, 4) is 22.6 Å². The van der Waals surface area contributed by atoms with Gasteiger partial charge in [0, 0.05) is 12.1 Å². The van der Waals surface area contributed by atoms with Crippen LogP contribution in [0, 0.1) is 0 Å². The van der Waals surface area contributed by atoms with Crippen LogP contribution in [0.15, 0.2) is 42.0 Å². The summed E-state index contributed by atoms with van der Waals surface area (Å²) in [6.07, 6.45) is 3.02. The number of rotatable bonds is 7. The van der Waals surface area contributed by atoms with Crippen LogP contribution in [0.25, 0.3) is 17.2 Å². The van der Waals surface area contributed by atoms with E-state index in [1.165, 1.54) is 7.11 Å². The van der Waals surface area contributed by atoms with Gasteiger partial charge in [-0.15, -0.1) is 0 Å². The number of amides is 1. The number of fused-ring (bicyclic) bond motifs is 1. The zero-order valence-corrected chi connectivity index (χ0v) is 16.9. The van der Waals surface area contributed by atoms with Crippen LogP contribution < -0.4 is 14.4 Å². The van der Waals surface area contributed by atoms with E-state index >= 15 is 0 Å². The molecule has 6 heteroatoms. The second kappa shape index (κ2) is 9.28. The molecule has 0 bridgehead atoms. The highest BCUT2D eigenvalue weighted by molar-refractivity contribution is 5.97. The average Bonchev–Trinajstić information content (AvgIpc) is 2.93. The first-order chi connectivity index (χ1) is 14.1. The van der Waals surface area contributed by atoms with Crippen molar-refractivity contribution in [3.63, 3.8) is 0 Å². The van der Waals surface area contributed by atoms with E-state index in [2.05, 4.69) is 0 Å². The highest BCUT2D eigenvalue weighted by Gasteiger charge is 2.20. The zero-order valence-electron chi connectivity index (χ0n) is 16.9. The maximum Gasteiger partial charge on any atom is 0.333 e. The Hall–Kier alpha value is -3.28. The number of methoxy groups -OCH3 is 1. The van der Waals surface area contributed by atoms with Gasteiger partial charge in [-0.1, -0.05) is 12.1 Å². The third-order valence-corrected chi connectivity index (χ3v) is 4.74. The van der Waals surface area contributed by atoms with Gasteiger partial charge in [0.05, 0.1) is 26.0 Å². The minimum atomic E-state index is -0.381. The summed E-state index contributed by atoms with van der Waals surface area (Å²) in [5.74, 6) is 1.00. The zero-order chi connectivity index (χ0) is 20.8. The van der Waals surface area contributed by atoms with E-state index in [9.17, 15) is 9.59 Å². The number of esters is 1. The van der Waals surface area contributed by atoms with E-state index in [1.54, 1.807) is 11.0 Å². The van der Waals surface area contributed by atoms with Crippen LogP contribution in [0.5, 0.6) is 11.5 Å². The van der Waals surface area contributed by atoms with Gasteiger partial charge in [-0.2, -0.15) is 0 Å². The van der Waals surface area contributed by atoms with E-state index in [1.807, 2.05) is 50.2 Å². The molecule has 0 atom stereocenters. The van der Waals surface area contributed by atoms with Gasteiger partial charge in [0.1, 0.15) is 0 Å². The van der Waals surface area contributed by atoms with Crippen molar-refractivity contribution < 1.29 is 23.8 Å². The first kappa shape index (κ1) is 20.5. The molecule has 1 aliphatic rings. The van der Waals surface area contributed by atoms with Gasteiger partial charge in [0.15, 0.2) is 11.5 Å². The number of hydrogen-bond acceptors (Lipinski definition) is 5. The standard InChI is InChI=1S/C23H25NO5/c1-4-28-21-9-7-17(14-22(21)29-5-2)16-6-8-20-19(12-16)13-18(23(26)27-3)10-11-24(20)15-25/h6-9,12-15H,4-5,10-11H2,1-3H3. The molecular weight excluding hydrogens is 370 g/mol. The molecule has 0 N–H and O–H groups in total. The number of carbonyl (C=O) groups excluding carboxylic acids is 2. The molecule has 152 valence electrons. The number of anilines is 1. The lowest BCUT2D eigenvalue weighted by molar-refractivity contribution is -0.136. The van der Waals surface area contributed by atoms with Gasteiger partial charge in [0.25, 0.3) is 0 Å². The van der Waals surface area contributed by atoms with E-state index < -0.39 is 0 Å². The normalized spacial score (nSPS) is 13.1. The summed E-state index contributed by atoms with van der Waals surface area (Å²) in [5, 5.41) is 0. The summed E-state index contributed by atoms with van der Waals surface area (Å²) < 4.78 is 16.2. The molecule has 0 saturated heterocycles. The molecule has 3 rings (SSSR count). The lowest BCUT2D eigenvalue weighted by Gasteiger charge is -2.18. The van der Waals surface area contributed by atoms with E-state index in [-0.39, 0.29) is 5.97 Å². The highest BCUT2D eigenvalue weighted by Crippen LogP contribution is 2.36. The van der Waals surface area contributed by atoms with Gasteiger partial charge in [-0.25, -0.2) is 4.79 Å². The van der Waals surface area contributed by atoms with Crippen LogP contribution >= 0.6 is 0 Å². The smallest absolute Gasteiger partial charge is 0.333 e. The Bertz CT molecular complexity index is 935. The summed E-state index contributed by atoms with van der Waals surface area (Å²) >= 11 is 0. The molecule has 6 nitrogen and oxygen atoms in total. The number of nitrogens with zero attached hydrogens (tertiary/aromatic N) is 1. The number of hydrogen-bond donors (Lipinski definition) is 0. The Morgan fingerprint density at radius 3 is 2.41 bits per heavy atom. The van der Waals surface area contributed by atoms with Crippen molar-refractivity contribution in [1.29, 1.82) is 0 Å². The lowest BCUT2D eigenvalue weighted by Crippen LogP contribution is -2.23. The average molecular weight is 395 g/mol. The molecule has 0 radical (unpaired) electrons. The van der Waals surface area contributed by atoms with E-state index in [0.717, 1.165) is 28.8 Å². The number of benzene rings is 2. The Balaban J connectivity index is 2.06. The third kappa shape index (κ3) is 4.42. The third-order valence-electron chi connectivity index (χ3n) is 4.74. The molecule has 0 fully saturated rings. The molecule has 2 aromatic carbocycles. The Morgan fingerprint density at radius 2 is 1.72 bits per heavy atom. The monoisotopic (exact) mass is 395 g/mol. The molecule has 1 amide bonds. The Labute approximate surface area is 170 Å². The van der Waals surface area contributed by atoms with Crippen molar-refractivity contribution in [2.45, 2.75) is 20.3 Å². The van der Waals surface area contributed by atoms with Crippen LogP contribution in [0.3, 0.4) is 0 Å². The lowest BCUT2D eigenvalue weighted by atomic mass is 10.00. The summed E-state index contributed by atoms with van der Waals surface area (Å²) in [6.45, 7) is 5.38. The van der Waals surface area contributed by atoms with Crippen molar-refractivity contribution in [1.82, 2.24) is 0 Å². The van der Waals surface area contributed by atoms with Crippen molar-refractivity contribution in [3.05, 3.63) is 47.5 Å². The maximum absolute atomic E-state index is 12.1. The summed E-state index contributed by atoms with van der Waals surface area (Å²) in [6, 6.07) is 11.6. The predicted molar refractivity (Wildman–Crippen MR) is 112 cm³/mol. The van der Waals surface area contributed by atoms with Crippen LogP contribution in [0.1, 0.15) is 25.8 Å². The van der Waals surface area contributed by atoms with Crippen LogP contribution in [0.4, 0.5) is 5.69 Å².